The Bertz CT molecular complexity index is 813. The van der Waals surface area contributed by atoms with E-state index in [2.05, 4.69) is 48.6 Å². The summed E-state index contributed by atoms with van der Waals surface area (Å²) in [6.45, 7) is 4.03. The van der Waals surface area contributed by atoms with Crippen molar-refractivity contribution in [1.29, 1.82) is 0 Å². The molecular weight excluding hydrogens is 368 g/mol. The lowest BCUT2D eigenvalue weighted by atomic mass is 10.00. The highest BCUT2D eigenvalue weighted by Crippen LogP contribution is 2.18. The molecule has 8 heteroatoms. The first kappa shape index (κ1) is 21.2. The molecule has 0 aliphatic carbocycles. The number of aliphatic hydroxyl groups excluding tert-OH is 1. The molecule has 1 aliphatic heterocycles. The van der Waals surface area contributed by atoms with E-state index in [1.807, 2.05) is 20.2 Å². The van der Waals surface area contributed by atoms with E-state index in [1.165, 1.54) is 17.5 Å². The Morgan fingerprint density at radius 2 is 2.07 bits per heavy atom. The second-order valence-corrected chi connectivity index (χ2v) is 7.64. The molecule has 8 nitrogen and oxygen atoms in total. The maximum atomic E-state index is 12.4. The van der Waals surface area contributed by atoms with E-state index < -0.39 is 6.10 Å². The molecule has 0 bridgehead atoms. The minimum atomic E-state index is -0.635. The van der Waals surface area contributed by atoms with E-state index in [-0.39, 0.29) is 18.1 Å². The van der Waals surface area contributed by atoms with Crippen LogP contribution in [-0.2, 0) is 13.0 Å². The molecule has 1 amide bonds. The number of nitrogens with zero attached hydrogens (tertiary/aromatic N) is 4. The van der Waals surface area contributed by atoms with Crippen LogP contribution in [0.25, 0.3) is 0 Å². The van der Waals surface area contributed by atoms with Gasteiger partial charge in [0.2, 0.25) is 0 Å². The van der Waals surface area contributed by atoms with E-state index in [9.17, 15) is 9.90 Å². The molecule has 0 radical (unpaired) electrons. The van der Waals surface area contributed by atoms with Gasteiger partial charge in [-0.2, -0.15) is 0 Å². The van der Waals surface area contributed by atoms with Crippen molar-refractivity contribution in [3.05, 3.63) is 53.5 Å². The molecular formula is C21H30N6O2. The van der Waals surface area contributed by atoms with Gasteiger partial charge in [0.15, 0.2) is 0 Å². The Hall–Kier alpha value is -2.55. The summed E-state index contributed by atoms with van der Waals surface area (Å²) < 4.78 is 0. The third-order valence-electron chi connectivity index (χ3n) is 4.94. The van der Waals surface area contributed by atoms with Crippen LogP contribution >= 0.6 is 0 Å². The average Bonchev–Trinajstić information content (AvgIpc) is 2.72. The summed E-state index contributed by atoms with van der Waals surface area (Å²) in [5.41, 5.74) is 2.97. The molecule has 0 spiro atoms. The van der Waals surface area contributed by atoms with Crippen LogP contribution in [0.2, 0.25) is 0 Å². The van der Waals surface area contributed by atoms with Crippen LogP contribution in [0.3, 0.4) is 0 Å². The number of hydrogen-bond donors (Lipinski definition) is 3. The molecule has 2 heterocycles. The third-order valence-corrected chi connectivity index (χ3v) is 4.94. The van der Waals surface area contributed by atoms with Crippen molar-refractivity contribution in [2.24, 2.45) is 0 Å². The number of carbonyl (C=O) groups is 1. The van der Waals surface area contributed by atoms with Crippen LogP contribution in [0.5, 0.6) is 0 Å². The predicted molar refractivity (Wildman–Crippen MR) is 113 cm³/mol. The number of aromatic nitrogens is 2. The Kier molecular flexibility index (Phi) is 7.51. The van der Waals surface area contributed by atoms with E-state index in [0.29, 0.717) is 12.4 Å². The number of amides is 1. The SMILES string of the molecule is CN(C)CCNc1cc(C(=O)NC[C@H](O)CN2CCc3ccccc3C2)ncn1. The summed E-state index contributed by atoms with van der Waals surface area (Å²) in [4.78, 5) is 24.8. The van der Waals surface area contributed by atoms with Gasteiger partial charge in [-0.1, -0.05) is 24.3 Å². The summed E-state index contributed by atoms with van der Waals surface area (Å²) in [7, 11) is 3.99. The smallest absolute Gasteiger partial charge is 0.270 e. The van der Waals surface area contributed by atoms with E-state index in [0.717, 1.165) is 32.6 Å². The molecule has 0 saturated carbocycles. The topological polar surface area (TPSA) is 93.6 Å². The normalized spacial score (nSPS) is 15.0. The number of β-amino-alcohol motifs (C(OH)–C–C–N with tert-alkyl or cyclic N) is 1. The molecule has 1 aliphatic rings. The largest absolute Gasteiger partial charge is 0.390 e. The second kappa shape index (κ2) is 10.3. The molecule has 2 aromatic rings. The molecule has 1 atom stereocenters. The minimum Gasteiger partial charge on any atom is -0.390 e. The number of carbonyl (C=O) groups excluding carboxylic acids is 1. The fourth-order valence-electron chi connectivity index (χ4n) is 3.36. The van der Waals surface area contributed by atoms with Gasteiger partial charge in [-0.05, 0) is 31.6 Å². The average molecular weight is 399 g/mol. The number of likely N-dealkylation sites (N-methyl/N-ethyl adjacent to an activating group) is 1. The number of anilines is 1. The first-order valence-corrected chi connectivity index (χ1v) is 9.97. The van der Waals surface area contributed by atoms with E-state index >= 15 is 0 Å². The lowest BCUT2D eigenvalue weighted by Gasteiger charge is -2.30. The van der Waals surface area contributed by atoms with Crippen molar-refractivity contribution < 1.29 is 9.90 Å². The minimum absolute atomic E-state index is 0.185. The Labute approximate surface area is 172 Å². The molecule has 29 heavy (non-hydrogen) atoms. The van der Waals surface area contributed by atoms with Crippen molar-refractivity contribution in [2.45, 2.75) is 19.1 Å². The molecule has 0 saturated heterocycles. The van der Waals surface area contributed by atoms with Crippen LogP contribution < -0.4 is 10.6 Å². The summed E-state index contributed by atoms with van der Waals surface area (Å²) in [5.74, 6) is 0.297. The van der Waals surface area contributed by atoms with Crippen molar-refractivity contribution in [1.82, 2.24) is 25.1 Å². The molecule has 1 aromatic heterocycles. The van der Waals surface area contributed by atoms with E-state index in [1.54, 1.807) is 6.07 Å². The van der Waals surface area contributed by atoms with Gasteiger partial charge in [-0.25, -0.2) is 9.97 Å². The van der Waals surface area contributed by atoms with Gasteiger partial charge < -0.3 is 20.6 Å². The zero-order chi connectivity index (χ0) is 20.6. The number of aliphatic hydroxyl groups is 1. The highest BCUT2D eigenvalue weighted by atomic mass is 16.3. The summed E-state index contributed by atoms with van der Waals surface area (Å²) in [6, 6.07) is 10.0. The lowest BCUT2D eigenvalue weighted by Crippen LogP contribution is -2.42. The van der Waals surface area contributed by atoms with Gasteiger partial charge in [0.25, 0.3) is 5.91 Å². The highest BCUT2D eigenvalue weighted by molar-refractivity contribution is 5.92. The number of fused-ring (bicyclic) bond motifs is 1. The molecule has 1 aromatic carbocycles. The van der Waals surface area contributed by atoms with Gasteiger partial charge in [0.05, 0.1) is 6.10 Å². The first-order valence-electron chi connectivity index (χ1n) is 9.97. The Morgan fingerprint density at radius 3 is 2.86 bits per heavy atom. The summed E-state index contributed by atoms with van der Waals surface area (Å²) >= 11 is 0. The quantitative estimate of drug-likeness (QED) is 0.569. The summed E-state index contributed by atoms with van der Waals surface area (Å²) in [6.07, 6.45) is 1.72. The Balaban J connectivity index is 1.44. The van der Waals surface area contributed by atoms with Crippen LogP contribution in [0.15, 0.2) is 36.7 Å². The maximum absolute atomic E-state index is 12.4. The fraction of sp³-hybridized carbons (Fsp3) is 0.476. The zero-order valence-corrected chi connectivity index (χ0v) is 17.1. The van der Waals surface area contributed by atoms with Crippen molar-refractivity contribution in [2.75, 3.05) is 52.1 Å². The summed E-state index contributed by atoms with van der Waals surface area (Å²) in [5, 5.41) is 16.3. The zero-order valence-electron chi connectivity index (χ0n) is 17.1. The number of hydrogen-bond acceptors (Lipinski definition) is 7. The van der Waals surface area contributed by atoms with Crippen LogP contribution in [0.1, 0.15) is 21.6 Å². The van der Waals surface area contributed by atoms with Gasteiger partial charge in [-0.15, -0.1) is 0 Å². The van der Waals surface area contributed by atoms with Gasteiger partial charge >= 0.3 is 0 Å². The van der Waals surface area contributed by atoms with Gasteiger partial charge in [0, 0.05) is 45.3 Å². The number of rotatable bonds is 9. The molecule has 3 rings (SSSR count). The molecule has 0 fully saturated rings. The number of benzene rings is 1. The van der Waals surface area contributed by atoms with Crippen LogP contribution in [0, 0.1) is 0 Å². The molecule has 0 unspecified atom stereocenters. The Morgan fingerprint density at radius 1 is 1.28 bits per heavy atom. The van der Waals surface area contributed by atoms with E-state index in [4.69, 9.17) is 0 Å². The third kappa shape index (κ3) is 6.49. The van der Waals surface area contributed by atoms with Crippen LogP contribution in [0.4, 0.5) is 5.82 Å². The second-order valence-electron chi connectivity index (χ2n) is 7.64. The molecule has 156 valence electrons. The number of nitrogens with one attached hydrogen (secondary N) is 2. The maximum Gasteiger partial charge on any atom is 0.270 e. The predicted octanol–water partition coefficient (Wildman–Crippen LogP) is 0.599. The van der Waals surface area contributed by atoms with Crippen molar-refractivity contribution in [3.63, 3.8) is 0 Å². The fourth-order valence-corrected chi connectivity index (χ4v) is 3.36. The highest BCUT2D eigenvalue weighted by Gasteiger charge is 2.19. The lowest BCUT2D eigenvalue weighted by molar-refractivity contribution is 0.0838. The van der Waals surface area contributed by atoms with Gasteiger partial charge in [0.1, 0.15) is 17.8 Å². The standard InChI is InChI=1S/C21H30N6O2/c1-26(2)10-8-22-20-11-19(24-15-25-20)21(29)23-12-18(28)14-27-9-7-16-5-3-4-6-17(16)13-27/h3-6,11,15,18,28H,7-10,12-14H2,1-2H3,(H,23,29)(H,22,24,25)/t18-/m0/s1. The monoisotopic (exact) mass is 398 g/mol. The first-order chi connectivity index (χ1) is 14.0. The molecule has 3 N–H and O–H groups in total. The van der Waals surface area contributed by atoms with Gasteiger partial charge in [-0.3, -0.25) is 9.69 Å². The van der Waals surface area contributed by atoms with Crippen LogP contribution in [-0.4, -0.2) is 83.7 Å². The van der Waals surface area contributed by atoms with Crippen molar-refractivity contribution >= 4 is 11.7 Å². The van der Waals surface area contributed by atoms with Crippen molar-refractivity contribution in [3.8, 4) is 0 Å².